The molecule has 0 unspecified atom stereocenters. The average Bonchev–Trinajstić information content (AvgIpc) is 2.57. The van der Waals surface area contributed by atoms with E-state index in [4.69, 9.17) is 0 Å². The Bertz CT molecular complexity index is 372. The lowest BCUT2D eigenvalue weighted by Crippen LogP contribution is -2.32. The molecule has 0 fully saturated rings. The number of aromatic nitrogens is 1. The Balaban J connectivity index is 1.79. The molecule has 0 saturated carbocycles. The van der Waals surface area contributed by atoms with Crippen LogP contribution in [0.3, 0.4) is 0 Å². The topological polar surface area (TPSA) is 3.88 Å². The Hall–Kier alpha value is -0.850. The van der Waals surface area contributed by atoms with Crippen molar-refractivity contribution in [1.29, 1.82) is 0 Å². The van der Waals surface area contributed by atoms with Crippen LogP contribution in [0.15, 0.2) is 24.4 Å². The fourth-order valence-electron chi connectivity index (χ4n) is 3.32. The number of hydrogen-bond acceptors (Lipinski definition) is 0. The zero-order valence-electron chi connectivity index (χ0n) is 15.9. The molecule has 1 nitrogen and oxygen atoms in total. The minimum atomic E-state index is 1.23. The maximum Gasteiger partial charge on any atom is 0.181 e. The molecule has 1 aromatic heterocycles. The van der Waals surface area contributed by atoms with E-state index in [1.165, 1.54) is 102 Å². The van der Waals surface area contributed by atoms with Gasteiger partial charge in [0.1, 0.15) is 7.05 Å². The minimum absolute atomic E-state index is 1.23. The normalized spacial score (nSPS) is 11.0. The van der Waals surface area contributed by atoms with Crippen molar-refractivity contribution in [2.24, 2.45) is 7.05 Å². The van der Waals surface area contributed by atoms with Gasteiger partial charge in [0.25, 0.3) is 0 Å². The van der Waals surface area contributed by atoms with E-state index in [9.17, 15) is 0 Å². The lowest BCUT2D eigenvalue weighted by Gasteiger charge is -2.03. The van der Waals surface area contributed by atoms with E-state index in [1.807, 2.05) is 0 Å². The highest BCUT2D eigenvalue weighted by atomic mass is 14.9. The van der Waals surface area contributed by atoms with Gasteiger partial charge in [0.15, 0.2) is 11.9 Å². The fourth-order valence-corrected chi connectivity index (χ4v) is 3.32. The third-order valence-electron chi connectivity index (χ3n) is 4.95. The van der Waals surface area contributed by atoms with Gasteiger partial charge in [0.2, 0.25) is 0 Å². The molecule has 0 aliphatic carbocycles. The van der Waals surface area contributed by atoms with Crippen molar-refractivity contribution in [2.75, 3.05) is 0 Å². The van der Waals surface area contributed by atoms with E-state index >= 15 is 0 Å². The lowest BCUT2D eigenvalue weighted by molar-refractivity contribution is -0.679. The van der Waals surface area contributed by atoms with Gasteiger partial charge in [-0.2, -0.15) is 0 Å². The number of aryl methyl sites for hydroxylation is 2. The van der Waals surface area contributed by atoms with E-state index in [-0.39, 0.29) is 0 Å². The lowest BCUT2D eigenvalue weighted by atomic mass is 10.0. The molecule has 0 aliphatic rings. The second-order valence-corrected chi connectivity index (χ2v) is 7.15. The standard InChI is InChI=1S/C22H40N/c1-3-4-5-6-7-8-9-10-11-12-13-14-15-16-19-22-20-17-18-21-23(22)2/h17-18,20-21H,3-16,19H2,1-2H3/q+1. The molecule has 0 N–H and O–H groups in total. The van der Waals surface area contributed by atoms with Crippen LogP contribution in [-0.2, 0) is 13.5 Å². The largest absolute Gasteiger partial charge is 0.205 e. The highest BCUT2D eigenvalue weighted by Crippen LogP contribution is 2.13. The molecule has 0 atom stereocenters. The van der Waals surface area contributed by atoms with Crippen LogP contribution in [0.1, 0.15) is 103 Å². The first-order valence-corrected chi connectivity index (χ1v) is 10.3. The zero-order chi connectivity index (χ0) is 16.6. The van der Waals surface area contributed by atoms with E-state index in [0.717, 1.165) is 0 Å². The van der Waals surface area contributed by atoms with Crippen molar-refractivity contribution in [3.8, 4) is 0 Å². The molecular weight excluding hydrogens is 278 g/mol. The molecule has 1 heteroatoms. The monoisotopic (exact) mass is 318 g/mol. The molecule has 0 aromatic carbocycles. The highest BCUT2D eigenvalue weighted by Gasteiger charge is 2.03. The van der Waals surface area contributed by atoms with E-state index < -0.39 is 0 Å². The molecule has 0 radical (unpaired) electrons. The van der Waals surface area contributed by atoms with Crippen molar-refractivity contribution in [3.63, 3.8) is 0 Å². The molecule has 0 spiro atoms. The summed E-state index contributed by atoms with van der Waals surface area (Å²) < 4.78 is 2.25. The van der Waals surface area contributed by atoms with Crippen molar-refractivity contribution < 1.29 is 4.57 Å². The number of hydrogen-bond donors (Lipinski definition) is 0. The van der Waals surface area contributed by atoms with Gasteiger partial charge in [-0.25, -0.2) is 4.57 Å². The molecule has 0 bridgehead atoms. The number of nitrogens with zero attached hydrogens (tertiary/aromatic N) is 1. The molecule has 1 heterocycles. The maximum atomic E-state index is 2.29. The first kappa shape index (κ1) is 20.2. The van der Waals surface area contributed by atoms with Crippen LogP contribution >= 0.6 is 0 Å². The summed E-state index contributed by atoms with van der Waals surface area (Å²) in [7, 11) is 2.15. The minimum Gasteiger partial charge on any atom is -0.205 e. The van der Waals surface area contributed by atoms with Crippen molar-refractivity contribution in [1.82, 2.24) is 0 Å². The van der Waals surface area contributed by atoms with E-state index in [0.29, 0.717) is 0 Å². The summed E-state index contributed by atoms with van der Waals surface area (Å²) in [5, 5.41) is 0. The summed E-state index contributed by atoms with van der Waals surface area (Å²) in [6.45, 7) is 2.29. The number of rotatable bonds is 15. The maximum absolute atomic E-state index is 2.29. The van der Waals surface area contributed by atoms with Crippen LogP contribution in [0.4, 0.5) is 0 Å². The van der Waals surface area contributed by atoms with E-state index in [2.05, 4.69) is 42.9 Å². The van der Waals surface area contributed by atoms with Gasteiger partial charge in [0.05, 0.1) is 0 Å². The molecule has 0 saturated heterocycles. The first-order valence-electron chi connectivity index (χ1n) is 10.3. The smallest absolute Gasteiger partial charge is 0.181 e. The fraction of sp³-hybridized carbons (Fsp3) is 0.773. The Labute approximate surface area is 145 Å². The molecule has 132 valence electrons. The van der Waals surface area contributed by atoms with Crippen LogP contribution in [0.25, 0.3) is 0 Å². The number of unbranched alkanes of at least 4 members (excludes halogenated alkanes) is 13. The summed E-state index contributed by atoms with van der Waals surface area (Å²) in [5.41, 5.74) is 1.46. The van der Waals surface area contributed by atoms with Crippen LogP contribution in [0, 0.1) is 0 Å². The molecule has 23 heavy (non-hydrogen) atoms. The van der Waals surface area contributed by atoms with Crippen LogP contribution in [0.5, 0.6) is 0 Å². The van der Waals surface area contributed by atoms with Crippen LogP contribution < -0.4 is 4.57 Å². The van der Waals surface area contributed by atoms with Crippen molar-refractivity contribution in [2.45, 2.75) is 103 Å². The summed E-state index contributed by atoms with van der Waals surface area (Å²) >= 11 is 0. The van der Waals surface area contributed by atoms with Crippen LogP contribution in [0.2, 0.25) is 0 Å². The van der Waals surface area contributed by atoms with Crippen LogP contribution in [-0.4, -0.2) is 0 Å². The van der Waals surface area contributed by atoms with Gasteiger partial charge >= 0.3 is 0 Å². The highest BCUT2D eigenvalue weighted by molar-refractivity contribution is 4.96. The quantitative estimate of drug-likeness (QED) is 0.255. The van der Waals surface area contributed by atoms with Gasteiger partial charge in [-0.15, -0.1) is 0 Å². The van der Waals surface area contributed by atoms with Gasteiger partial charge < -0.3 is 0 Å². The van der Waals surface area contributed by atoms with Crippen molar-refractivity contribution >= 4 is 0 Å². The summed E-state index contributed by atoms with van der Waals surface area (Å²) in [6, 6.07) is 6.51. The summed E-state index contributed by atoms with van der Waals surface area (Å²) in [5.74, 6) is 0. The third kappa shape index (κ3) is 11.3. The molecule has 0 amide bonds. The Kier molecular flexibility index (Phi) is 12.9. The van der Waals surface area contributed by atoms with Gasteiger partial charge in [0, 0.05) is 18.6 Å². The van der Waals surface area contributed by atoms with Gasteiger partial charge in [-0.3, -0.25) is 0 Å². The summed E-state index contributed by atoms with van der Waals surface area (Å²) in [6.07, 6.45) is 23.5. The first-order chi connectivity index (χ1) is 11.3. The second-order valence-electron chi connectivity index (χ2n) is 7.15. The zero-order valence-corrected chi connectivity index (χ0v) is 15.9. The van der Waals surface area contributed by atoms with Gasteiger partial charge in [-0.05, 0) is 6.42 Å². The van der Waals surface area contributed by atoms with Crippen molar-refractivity contribution in [3.05, 3.63) is 30.1 Å². The summed E-state index contributed by atoms with van der Waals surface area (Å²) in [4.78, 5) is 0. The predicted octanol–water partition coefficient (Wildman–Crippen LogP) is 6.53. The Morgan fingerprint density at radius 3 is 1.61 bits per heavy atom. The third-order valence-corrected chi connectivity index (χ3v) is 4.95. The molecule has 1 aromatic rings. The second kappa shape index (κ2) is 14.7. The average molecular weight is 319 g/mol. The Morgan fingerprint density at radius 2 is 1.13 bits per heavy atom. The number of pyridine rings is 1. The Morgan fingerprint density at radius 1 is 0.652 bits per heavy atom. The molecule has 0 aliphatic heterocycles. The molecular formula is C22H40N+. The SMILES string of the molecule is CCCCCCCCCCCCCCCCc1cccc[n+]1C. The van der Waals surface area contributed by atoms with Gasteiger partial charge in [-0.1, -0.05) is 96.5 Å². The molecule has 1 rings (SSSR count). The predicted molar refractivity (Wildman–Crippen MR) is 102 cm³/mol. The van der Waals surface area contributed by atoms with E-state index in [1.54, 1.807) is 0 Å².